The Morgan fingerprint density at radius 2 is 1.70 bits per heavy atom. The number of aryl methyl sites for hydroxylation is 2. The van der Waals surface area contributed by atoms with Gasteiger partial charge in [-0.1, -0.05) is 51.5 Å². The second-order valence-electron chi connectivity index (χ2n) is 6.56. The molecule has 20 heavy (non-hydrogen) atoms. The molecule has 1 amide bonds. The monoisotopic (exact) mass is 275 g/mol. The molecule has 1 aromatic rings. The van der Waals surface area contributed by atoms with Crippen molar-refractivity contribution in [2.75, 3.05) is 6.54 Å². The summed E-state index contributed by atoms with van der Waals surface area (Å²) in [6, 6.07) is 6.28. The average Bonchev–Trinajstić information content (AvgIpc) is 2.33. The van der Waals surface area contributed by atoms with Gasteiger partial charge in [0.15, 0.2) is 0 Å². The van der Waals surface area contributed by atoms with Gasteiger partial charge in [0.05, 0.1) is 6.42 Å². The number of rotatable bonds is 6. The Morgan fingerprint density at radius 3 is 2.25 bits per heavy atom. The van der Waals surface area contributed by atoms with E-state index in [9.17, 15) is 4.79 Å². The molecule has 1 N–H and O–H groups in total. The number of carbonyl (C=O) groups excluding carboxylic acids is 1. The summed E-state index contributed by atoms with van der Waals surface area (Å²) in [6.45, 7) is 13.8. The third-order valence-electron chi connectivity index (χ3n) is 4.10. The molecule has 0 aromatic heterocycles. The van der Waals surface area contributed by atoms with Crippen molar-refractivity contribution >= 4 is 5.91 Å². The van der Waals surface area contributed by atoms with Crippen LogP contribution in [0.1, 0.15) is 44.4 Å². The van der Waals surface area contributed by atoms with Crippen LogP contribution in [0.25, 0.3) is 0 Å². The molecule has 0 bridgehead atoms. The normalized spacial score (nSPS) is 11.4. The van der Waals surface area contributed by atoms with Crippen LogP contribution in [-0.2, 0) is 11.2 Å². The molecule has 0 spiro atoms. The van der Waals surface area contributed by atoms with Gasteiger partial charge < -0.3 is 5.32 Å². The first-order valence-corrected chi connectivity index (χ1v) is 7.64. The van der Waals surface area contributed by atoms with E-state index in [0.717, 1.165) is 12.1 Å². The number of amides is 1. The summed E-state index contributed by atoms with van der Waals surface area (Å²) in [5, 5.41) is 3.10. The first-order chi connectivity index (χ1) is 9.31. The molecule has 0 atom stereocenters. The maximum Gasteiger partial charge on any atom is 0.224 e. The summed E-state index contributed by atoms with van der Waals surface area (Å²) < 4.78 is 0. The quantitative estimate of drug-likeness (QED) is 0.838. The van der Waals surface area contributed by atoms with Crippen LogP contribution in [0.15, 0.2) is 18.2 Å². The predicted molar refractivity (Wildman–Crippen MR) is 85.8 cm³/mol. The number of carbonyl (C=O) groups is 1. The summed E-state index contributed by atoms with van der Waals surface area (Å²) in [5.74, 6) is 1.86. The standard InChI is InChI=1S/C18H29NO/c1-12(2)17(13(3)4)11-19-18(20)10-16-9-14(5)7-8-15(16)6/h7-9,12-13,17H,10-11H2,1-6H3,(H,19,20). The molecule has 0 aliphatic rings. The van der Waals surface area contributed by atoms with E-state index >= 15 is 0 Å². The van der Waals surface area contributed by atoms with Crippen molar-refractivity contribution in [2.24, 2.45) is 17.8 Å². The number of benzene rings is 1. The molecule has 0 aliphatic carbocycles. The van der Waals surface area contributed by atoms with Crippen LogP contribution in [0.5, 0.6) is 0 Å². The van der Waals surface area contributed by atoms with Crippen LogP contribution >= 0.6 is 0 Å². The minimum absolute atomic E-state index is 0.130. The third kappa shape index (κ3) is 4.99. The van der Waals surface area contributed by atoms with Gasteiger partial charge in [0.25, 0.3) is 0 Å². The van der Waals surface area contributed by atoms with E-state index in [4.69, 9.17) is 0 Å². The molecular formula is C18H29NO. The largest absolute Gasteiger partial charge is 0.356 e. The van der Waals surface area contributed by atoms with Gasteiger partial charge in [-0.05, 0) is 42.7 Å². The van der Waals surface area contributed by atoms with Crippen molar-refractivity contribution in [1.82, 2.24) is 5.32 Å². The van der Waals surface area contributed by atoms with E-state index in [0.29, 0.717) is 24.2 Å². The van der Waals surface area contributed by atoms with E-state index in [-0.39, 0.29) is 5.91 Å². The van der Waals surface area contributed by atoms with E-state index in [1.54, 1.807) is 0 Å². The lowest BCUT2D eigenvalue weighted by molar-refractivity contribution is -0.120. The van der Waals surface area contributed by atoms with Crippen molar-refractivity contribution < 1.29 is 4.79 Å². The second-order valence-corrected chi connectivity index (χ2v) is 6.56. The highest BCUT2D eigenvalue weighted by Crippen LogP contribution is 2.19. The van der Waals surface area contributed by atoms with Crippen LogP contribution in [0, 0.1) is 31.6 Å². The minimum atomic E-state index is 0.130. The van der Waals surface area contributed by atoms with Crippen molar-refractivity contribution in [3.63, 3.8) is 0 Å². The molecule has 0 radical (unpaired) electrons. The summed E-state index contributed by atoms with van der Waals surface area (Å²) in [6.07, 6.45) is 0.483. The maximum atomic E-state index is 12.1. The molecular weight excluding hydrogens is 246 g/mol. The Hall–Kier alpha value is -1.31. The molecule has 0 saturated heterocycles. The molecule has 0 heterocycles. The molecule has 0 aliphatic heterocycles. The van der Waals surface area contributed by atoms with Crippen LogP contribution in [-0.4, -0.2) is 12.5 Å². The minimum Gasteiger partial charge on any atom is -0.356 e. The number of hydrogen-bond acceptors (Lipinski definition) is 1. The lowest BCUT2D eigenvalue weighted by Gasteiger charge is -2.25. The van der Waals surface area contributed by atoms with Crippen LogP contribution in [0.4, 0.5) is 0 Å². The van der Waals surface area contributed by atoms with Gasteiger partial charge in [0, 0.05) is 6.54 Å². The van der Waals surface area contributed by atoms with Gasteiger partial charge in [-0.15, -0.1) is 0 Å². The summed E-state index contributed by atoms with van der Waals surface area (Å²) in [7, 11) is 0. The van der Waals surface area contributed by atoms with Crippen molar-refractivity contribution in [2.45, 2.75) is 48.0 Å². The summed E-state index contributed by atoms with van der Waals surface area (Å²) >= 11 is 0. The highest BCUT2D eigenvalue weighted by molar-refractivity contribution is 5.79. The number of hydrogen-bond donors (Lipinski definition) is 1. The number of nitrogens with one attached hydrogen (secondary N) is 1. The molecule has 2 heteroatoms. The molecule has 1 aromatic carbocycles. The zero-order valence-electron chi connectivity index (χ0n) is 13.8. The lowest BCUT2D eigenvalue weighted by Crippen LogP contribution is -2.34. The van der Waals surface area contributed by atoms with Gasteiger partial charge in [-0.2, -0.15) is 0 Å². The van der Waals surface area contributed by atoms with Crippen LogP contribution < -0.4 is 5.32 Å². The Labute approximate surface area is 124 Å². The Bertz CT molecular complexity index is 441. The predicted octanol–water partition coefficient (Wildman–Crippen LogP) is 3.89. The van der Waals surface area contributed by atoms with E-state index in [1.807, 2.05) is 0 Å². The first kappa shape index (κ1) is 16.7. The lowest BCUT2D eigenvalue weighted by atomic mass is 9.85. The second kappa shape index (κ2) is 7.47. The SMILES string of the molecule is Cc1ccc(C)c(CC(=O)NCC(C(C)C)C(C)C)c1. The molecule has 112 valence electrons. The molecule has 2 nitrogen and oxygen atoms in total. The average molecular weight is 275 g/mol. The van der Waals surface area contributed by atoms with Gasteiger partial charge in [0.2, 0.25) is 5.91 Å². The molecule has 1 rings (SSSR count). The van der Waals surface area contributed by atoms with E-state index in [1.165, 1.54) is 11.1 Å². The summed E-state index contributed by atoms with van der Waals surface area (Å²) in [4.78, 5) is 12.1. The maximum absolute atomic E-state index is 12.1. The Balaban J connectivity index is 2.57. The van der Waals surface area contributed by atoms with Gasteiger partial charge in [-0.25, -0.2) is 0 Å². The van der Waals surface area contributed by atoms with Crippen LogP contribution in [0.2, 0.25) is 0 Å². The van der Waals surface area contributed by atoms with E-state index < -0.39 is 0 Å². The molecule has 0 saturated carbocycles. The zero-order chi connectivity index (χ0) is 15.3. The van der Waals surface area contributed by atoms with Gasteiger partial charge in [0.1, 0.15) is 0 Å². The first-order valence-electron chi connectivity index (χ1n) is 7.64. The topological polar surface area (TPSA) is 29.1 Å². The van der Waals surface area contributed by atoms with E-state index in [2.05, 4.69) is 65.1 Å². The van der Waals surface area contributed by atoms with Crippen molar-refractivity contribution in [3.8, 4) is 0 Å². The fraction of sp³-hybridized carbons (Fsp3) is 0.611. The van der Waals surface area contributed by atoms with Crippen LogP contribution in [0.3, 0.4) is 0 Å². The van der Waals surface area contributed by atoms with Gasteiger partial charge >= 0.3 is 0 Å². The zero-order valence-corrected chi connectivity index (χ0v) is 13.8. The smallest absolute Gasteiger partial charge is 0.224 e. The highest BCUT2D eigenvalue weighted by Gasteiger charge is 2.18. The van der Waals surface area contributed by atoms with Crippen molar-refractivity contribution in [3.05, 3.63) is 34.9 Å². The fourth-order valence-electron chi connectivity index (χ4n) is 2.70. The molecule has 0 unspecified atom stereocenters. The Kier molecular flexibility index (Phi) is 6.25. The third-order valence-corrected chi connectivity index (χ3v) is 4.10. The molecule has 0 fully saturated rings. The highest BCUT2D eigenvalue weighted by atomic mass is 16.1. The summed E-state index contributed by atoms with van der Waals surface area (Å²) in [5.41, 5.74) is 3.53. The van der Waals surface area contributed by atoms with Gasteiger partial charge in [-0.3, -0.25) is 4.79 Å². The fourth-order valence-corrected chi connectivity index (χ4v) is 2.70. The van der Waals surface area contributed by atoms with Crippen molar-refractivity contribution in [1.29, 1.82) is 0 Å². The Morgan fingerprint density at radius 1 is 1.10 bits per heavy atom.